The molecule has 0 aliphatic carbocycles. The molecule has 2 rings (SSSR count). The van der Waals surface area contributed by atoms with Gasteiger partial charge in [-0.2, -0.15) is 0 Å². The summed E-state index contributed by atoms with van der Waals surface area (Å²) in [7, 11) is 0. The van der Waals surface area contributed by atoms with Crippen LogP contribution in [0.15, 0.2) is 12.1 Å². The first-order chi connectivity index (χ1) is 8.22. The lowest BCUT2D eigenvalue weighted by atomic mass is 10.2. The predicted octanol–water partition coefficient (Wildman–Crippen LogP) is 1.49. The van der Waals surface area contributed by atoms with Gasteiger partial charge in [0, 0.05) is 18.7 Å². The van der Waals surface area contributed by atoms with Crippen molar-refractivity contribution in [1.29, 1.82) is 0 Å². The van der Waals surface area contributed by atoms with E-state index in [9.17, 15) is 4.79 Å². The van der Waals surface area contributed by atoms with E-state index >= 15 is 0 Å². The van der Waals surface area contributed by atoms with Crippen LogP contribution in [0.5, 0.6) is 17.2 Å². The molecule has 1 aromatic carbocycles. The molecular weight excluding hydrogens is 228 g/mol. The largest absolute Gasteiger partial charge is 0.478 e. The van der Waals surface area contributed by atoms with E-state index in [1.54, 1.807) is 0 Å². The first-order valence-electron chi connectivity index (χ1n) is 5.10. The van der Waals surface area contributed by atoms with Crippen LogP contribution in [0.2, 0.25) is 0 Å². The molecule has 0 amide bonds. The van der Waals surface area contributed by atoms with E-state index in [1.165, 1.54) is 12.1 Å². The van der Waals surface area contributed by atoms with Crippen molar-refractivity contribution in [1.82, 2.24) is 0 Å². The lowest BCUT2D eigenvalue weighted by molar-refractivity contribution is 0.0213. The summed E-state index contributed by atoms with van der Waals surface area (Å²) in [6.45, 7) is 2.40. The van der Waals surface area contributed by atoms with Gasteiger partial charge in [-0.1, -0.05) is 0 Å². The van der Waals surface area contributed by atoms with Gasteiger partial charge >= 0.3 is 5.97 Å². The molecule has 0 bridgehead atoms. The van der Waals surface area contributed by atoms with Crippen LogP contribution in [-0.4, -0.2) is 31.3 Å². The number of carbonyl (C=O) groups is 1. The number of carboxylic acid groups (broad SMARTS) is 1. The molecule has 0 saturated carbocycles. The smallest absolute Gasteiger partial charge is 0.339 e. The maximum atomic E-state index is 11.0. The highest BCUT2D eigenvalue weighted by atomic mass is 16.7. The van der Waals surface area contributed by atoms with E-state index in [4.69, 9.17) is 24.1 Å². The summed E-state index contributed by atoms with van der Waals surface area (Å²) in [4.78, 5) is 11.0. The number of ether oxygens (including phenoxy) is 4. The zero-order valence-corrected chi connectivity index (χ0v) is 9.26. The molecule has 0 aromatic heterocycles. The fourth-order valence-electron chi connectivity index (χ4n) is 1.40. The number of carboxylic acids is 1. The third-order valence-corrected chi connectivity index (χ3v) is 2.21. The van der Waals surface area contributed by atoms with Crippen LogP contribution in [0.3, 0.4) is 0 Å². The minimum Gasteiger partial charge on any atom is -0.478 e. The van der Waals surface area contributed by atoms with E-state index in [-0.39, 0.29) is 24.9 Å². The summed E-state index contributed by atoms with van der Waals surface area (Å²) in [5.74, 6) is -0.00217. The highest BCUT2D eigenvalue weighted by molar-refractivity contribution is 5.92. The molecule has 6 nitrogen and oxygen atoms in total. The number of hydrogen-bond donors (Lipinski definition) is 1. The molecule has 6 heteroatoms. The van der Waals surface area contributed by atoms with Gasteiger partial charge < -0.3 is 24.1 Å². The third kappa shape index (κ3) is 2.42. The summed E-state index contributed by atoms with van der Waals surface area (Å²) in [5, 5.41) is 9.04. The average Bonchev–Trinajstić information content (AvgIpc) is 2.75. The molecule has 0 fully saturated rings. The van der Waals surface area contributed by atoms with Gasteiger partial charge in [0.25, 0.3) is 0 Å². The summed E-state index contributed by atoms with van der Waals surface area (Å²) in [6, 6.07) is 2.87. The molecule has 0 saturated heterocycles. The SMILES string of the molecule is CCOCOc1cc2c(cc1C(=O)O)OCO2. The number of benzene rings is 1. The number of rotatable bonds is 5. The molecule has 0 radical (unpaired) electrons. The van der Waals surface area contributed by atoms with Crippen molar-refractivity contribution >= 4 is 5.97 Å². The Bertz CT molecular complexity index is 428. The van der Waals surface area contributed by atoms with Crippen molar-refractivity contribution in [3.8, 4) is 17.2 Å². The molecule has 1 aromatic rings. The summed E-state index contributed by atoms with van der Waals surface area (Å²) in [5.41, 5.74) is 0.0222. The molecule has 92 valence electrons. The van der Waals surface area contributed by atoms with Crippen molar-refractivity contribution in [2.75, 3.05) is 20.2 Å². The lowest BCUT2D eigenvalue weighted by Gasteiger charge is -2.09. The predicted molar refractivity (Wildman–Crippen MR) is 56.6 cm³/mol. The van der Waals surface area contributed by atoms with Crippen molar-refractivity contribution in [2.45, 2.75) is 6.92 Å². The highest BCUT2D eigenvalue weighted by Crippen LogP contribution is 2.38. The van der Waals surface area contributed by atoms with Gasteiger partial charge in [-0.25, -0.2) is 4.79 Å². The Kier molecular flexibility index (Phi) is 3.34. The summed E-state index contributed by atoms with van der Waals surface area (Å²) >= 11 is 0. The van der Waals surface area contributed by atoms with E-state index in [2.05, 4.69) is 0 Å². The maximum absolute atomic E-state index is 11.0. The normalized spacial score (nSPS) is 12.5. The molecule has 1 aliphatic heterocycles. The topological polar surface area (TPSA) is 74.2 Å². The van der Waals surface area contributed by atoms with Crippen LogP contribution in [0.25, 0.3) is 0 Å². The van der Waals surface area contributed by atoms with Crippen molar-refractivity contribution in [3.05, 3.63) is 17.7 Å². The van der Waals surface area contributed by atoms with Crippen LogP contribution < -0.4 is 14.2 Å². The van der Waals surface area contributed by atoms with Crippen LogP contribution in [0.4, 0.5) is 0 Å². The number of aromatic carboxylic acids is 1. The molecule has 0 unspecified atom stereocenters. The van der Waals surface area contributed by atoms with Gasteiger partial charge in [0.1, 0.15) is 11.3 Å². The fourth-order valence-corrected chi connectivity index (χ4v) is 1.40. The zero-order chi connectivity index (χ0) is 12.3. The Morgan fingerprint density at radius 2 is 2.12 bits per heavy atom. The molecule has 1 heterocycles. The van der Waals surface area contributed by atoms with Gasteiger partial charge in [0.15, 0.2) is 18.3 Å². The minimum absolute atomic E-state index is 0.00355. The van der Waals surface area contributed by atoms with Crippen molar-refractivity contribution in [2.24, 2.45) is 0 Å². The maximum Gasteiger partial charge on any atom is 0.339 e. The molecule has 17 heavy (non-hydrogen) atoms. The zero-order valence-electron chi connectivity index (χ0n) is 9.26. The Morgan fingerprint density at radius 3 is 2.76 bits per heavy atom. The van der Waals surface area contributed by atoms with E-state index in [1.807, 2.05) is 6.92 Å². The third-order valence-electron chi connectivity index (χ3n) is 2.21. The molecule has 1 N–H and O–H groups in total. The first-order valence-corrected chi connectivity index (χ1v) is 5.10. The molecular formula is C11H12O6. The quantitative estimate of drug-likeness (QED) is 0.620. The van der Waals surface area contributed by atoms with Gasteiger partial charge in [-0.3, -0.25) is 0 Å². The monoisotopic (exact) mass is 240 g/mol. The van der Waals surface area contributed by atoms with Crippen LogP contribution in [-0.2, 0) is 4.74 Å². The van der Waals surface area contributed by atoms with Gasteiger partial charge in [-0.15, -0.1) is 0 Å². The van der Waals surface area contributed by atoms with Crippen LogP contribution in [0, 0.1) is 0 Å². The second-order valence-corrected chi connectivity index (χ2v) is 3.26. The average molecular weight is 240 g/mol. The van der Waals surface area contributed by atoms with E-state index in [0.717, 1.165) is 0 Å². The Balaban J connectivity index is 2.25. The lowest BCUT2D eigenvalue weighted by Crippen LogP contribution is -2.07. The van der Waals surface area contributed by atoms with Gasteiger partial charge in [0.05, 0.1) is 0 Å². The Labute approximate surface area is 97.7 Å². The van der Waals surface area contributed by atoms with E-state index in [0.29, 0.717) is 18.1 Å². The number of hydrogen-bond acceptors (Lipinski definition) is 5. The second kappa shape index (κ2) is 4.92. The second-order valence-electron chi connectivity index (χ2n) is 3.26. The van der Waals surface area contributed by atoms with Crippen molar-refractivity contribution in [3.63, 3.8) is 0 Å². The standard InChI is InChI=1S/C11H12O6/c1-2-14-5-15-8-4-10-9(16-6-17-10)3-7(8)11(12)13/h3-4H,2,5-6H2,1H3,(H,12,13). The molecule has 1 aliphatic rings. The van der Waals surface area contributed by atoms with Gasteiger partial charge in [0.2, 0.25) is 6.79 Å². The van der Waals surface area contributed by atoms with Crippen molar-refractivity contribution < 1.29 is 28.8 Å². The summed E-state index contributed by atoms with van der Waals surface area (Å²) < 4.78 is 20.5. The minimum atomic E-state index is -1.09. The molecule has 0 spiro atoms. The fraction of sp³-hybridized carbons (Fsp3) is 0.364. The Hall–Kier alpha value is -1.95. The number of fused-ring (bicyclic) bond motifs is 1. The molecule has 0 atom stereocenters. The van der Waals surface area contributed by atoms with Crippen LogP contribution in [0.1, 0.15) is 17.3 Å². The highest BCUT2D eigenvalue weighted by Gasteiger charge is 2.21. The van der Waals surface area contributed by atoms with Gasteiger partial charge in [-0.05, 0) is 6.92 Å². The van der Waals surface area contributed by atoms with E-state index < -0.39 is 5.97 Å². The first kappa shape index (κ1) is 11.5. The Morgan fingerprint density at radius 1 is 1.41 bits per heavy atom. The summed E-state index contributed by atoms with van der Waals surface area (Å²) in [6.07, 6.45) is 0. The van der Waals surface area contributed by atoms with Crippen LogP contribution >= 0.6 is 0 Å².